The van der Waals surface area contributed by atoms with Crippen molar-refractivity contribution in [3.63, 3.8) is 0 Å². The maximum Gasteiger partial charge on any atom is 0.240 e. The van der Waals surface area contributed by atoms with Gasteiger partial charge in [0, 0.05) is 0 Å². The monoisotopic (exact) mass is 310 g/mol. The van der Waals surface area contributed by atoms with Gasteiger partial charge < -0.3 is 10.5 Å². The highest BCUT2D eigenvalue weighted by Crippen LogP contribution is 2.31. The van der Waals surface area contributed by atoms with E-state index < -0.39 is 10.0 Å². The summed E-state index contributed by atoms with van der Waals surface area (Å²) in [5.74, 6) is 0.398. The second-order valence-corrected chi connectivity index (χ2v) is 6.31. The van der Waals surface area contributed by atoms with E-state index in [4.69, 9.17) is 10.5 Å². The third kappa shape index (κ3) is 3.32. The van der Waals surface area contributed by atoms with E-state index >= 15 is 0 Å². The highest BCUT2D eigenvalue weighted by Gasteiger charge is 2.14. The highest BCUT2D eigenvalue weighted by atomic mass is 32.2. The van der Waals surface area contributed by atoms with Crippen LogP contribution in [0.1, 0.15) is 5.56 Å². The molecule has 0 heterocycles. The number of nitrogens with two attached hydrogens (primary N) is 1. The standard InChI is InChI=1S/C14H15FN2O3S/c1-9-7-10(15)3-5-13(9)20-14-6-4-11(8-12(14)16)21(18,19)17-2/h3-8,17H,16H2,1-2H3. The molecule has 7 heteroatoms. The van der Waals surface area contributed by atoms with Crippen LogP contribution < -0.4 is 15.2 Å². The topological polar surface area (TPSA) is 81.4 Å². The molecule has 0 spiro atoms. The minimum Gasteiger partial charge on any atom is -0.455 e. The molecule has 0 aliphatic heterocycles. The molecule has 0 aliphatic rings. The van der Waals surface area contributed by atoms with E-state index in [9.17, 15) is 12.8 Å². The fourth-order valence-corrected chi connectivity index (χ4v) is 2.52. The molecule has 0 saturated carbocycles. The number of nitrogens with one attached hydrogen (secondary N) is 1. The van der Waals surface area contributed by atoms with Crippen LogP contribution in [-0.2, 0) is 10.0 Å². The van der Waals surface area contributed by atoms with E-state index in [0.717, 1.165) is 0 Å². The van der Waals surface area contributed by atoms with Crippen LogP contribution in [0.25, 0.3) is 0 Å². The van der Waals surface area contributed by atoms with Crippen molar-refractivity contribution in [3.05, 3.63) is 47.8 Å². The molecule has 0 unspecified atom stereocenters. The second kappa shape index (κ2) is 5.71. The van der Waals surface area contributed by atoms with Gasteiger partial charge in [-0.1, -0.05) is 0 Å². The molecule has 0 amide bonds. The Morgan fingerprint density at radius 1 is 1.14 bits per heavy atom. The number of ether oxygens (including phenoxy) is 1. The van der Waals surface area contributed by atoms with Gasteiger partial charge in [-0.05, 0) is 55.9 Å². The first-order valence-corrected chi connectivity index (χ1v) is 7.59. The fraction of sp³-hybridized carbons (Fsp3) is 0.143. The fourth-order valence-electron chi connectivity index (χ4n) is 1.75. The van der Waals surface area contributed by atoms with Gasteiger partial charge in [0.1, 0.15) is 17.3 Å². The lowest BCUT2D eigenvalue weighted by Gasteiger charge is -2.12. The summed E-state index contributed by atoms with van der Waals surface area (Å²) in [4.78, 5) is 0.0469. The Labute approximate surface area is 122 Å². The molecule has 0 saturated heterocycles. The normalized spacial score (nSPS) is 11.4. The summed E-state index contributed by atoms with van der Waals surface area (Å²) in [6.45, 7) is 1.70. The quantitative estimate of drug-likeness (QED) is 0.850. The molecule has 0 fully saturated rings. The maximum atomic E-state index is 13.0. The van der Waals surface area contributed by atoms with Gasteiger partial charge in [0.05, 0.1) is 10.6 Å². The van der Waals surface area contributed by atoms with Crippen LogP contribution in [0.2, 0.25) is 0 Å². The van der Waals surface area contributed by atoms with Crippen molar-refractivity contribution < 1.29 is 17.5 Å². The molecule has 0 aliphatic carbocycles. The molecule has 0 radical (unpaired) electrons. The molecular formula is C14H15FN2O3S. The molecule has 112 valence electrons. The predicted octanol–water partition coefficient (Wildman–Crippen LogP) is 2.42. The maximum absolute atomic E-state index is 13.0. The van der Waals surface area contributed by atoms with Crippen molar-refractivity contribution >= 4 is 15.7 Å². The first-order valence-electron chi connectivity index (χ1n) is 6.10. The summed E-state index contributed by atoms with van der Waals surface area (Å²) in [6.07, 6.45) is 0. The number of anilines is 1. The summed E-state index contributed by atoms with van der Waals surface area (Å²) in [6, 6.07) is 8.25. The Hall–Kier alpha value is -2.12. The van der Waals surface area contributed by atoms with E-state index in [1.807, 2.05) is 0 Å². The highest BCUT2D eigenvalue weighted by molar-refractivity contribution is 7.89. The summed E-state index contributed by atoms with van der Waals surface area (Å²) < 4.78 is 44.2. The van der Waals surface area contributed by atoms with Crippen molar-refractivity contribution in [2.75, 3.05) is 12.8 Å². The molecule has 2 rings (SSSR count). The number of hydrogen-bond donors (Lipinski definition) is 2. The zero-order chi connectivity index (χ0) is 15.6. The van der Waals surface area contributed by atoms with Crippen LogP contribution in [0.3, 0.4) is 0 Å². The largest absolute Gasteiger partial charge is 0.455 e. The summed E-state index contributed by atoms with van der Waals surface area (Å²) in [7, 11) is -2.24. The smallest absolute Gasteiger partial charge is 0.240 e. The predicted molar refractivity (Wildman–Crippen MR) is 78.3 cm³/mol. The molecule has 0 atom stereocenters. The molecule has 21 heavy (non-hydrogen) atoms. The van der Waals surface area contributed by atoms with Crippen molar-refractivity contribution in [3.8, 4) is 11.5 Å². The summed E-state index contributed by atoms with van der Waals surface area (Å²) >= 11 is 0. The number of benzene rings is 2. The van der Waals surface area contributed by atoms with Gasteiger partial charge in [-0.15, -0.1) is 0 Å². The third-order valence-electron chi connectivity index (χ3n) is 2.92. The van der Waals surface area contributed by atoms with Gasteiger partial charge in [-0.25, -0.2) is 17.5 Å². The zero-order valence-electron chi connectivity index (χ0n) is 11.6. The number of halogens is 1. The van der Waals surface area contributed by atoms with E-state index in [-0.39, 0.29) is 16.4 Å². The van der Waals surface area contributed by atoms with Gasteiger partial charge in [0.2, 0.25) is 10.0 Å². The first kappa shape index (κ1) is 15.3. The van der Waals surface area contributed by atoms with Gasteiger partial charge in [0.15, 0.2) is 0 Å². The summed E-state index contributed by atoms with van der Waals surface area (Å²) in [5, 5.41) is 0. The number of hydrogen-bond acceptors (Lipinski definition) is 4. The Morgan fingerprint density at radius 3 is 2.38 bits per heavy atom. The third-order valence-corrected chi connectivity index (χ3v) is 4.33. The second-order valence-electron chi connectivity index (χ2n) is 4.42. The number of sulfonamides is 1. The van der Waals surface area contributed by atoms with Crippen LogP contribution in [0.5, 0.6) is 11.5 Å². The lowest BCUT2D eigenvalue weighted by molar-refractivity contribution is 0.478. The van der Waals surface area contributed by atoms with Gasteiger partial charge >= 0.3 is 0 Å². The van der Waals surface area contributed by atoms with E-state index in [1.54, 1.807) is 6.92 Å². The first-order chi connectivity index (χ1) is 9.83. The lowest BCUT2D eigenvalue weighted by Crippen LogP contribution is -2.18. The summed E-state index contributed by atoms with van der Waals surface area (Å²) in [5.41, 5.74) is 6.60. The van der Waals surface area contributed by atoms with Crippen LogP contribution in [0.15, 0.2) is 41.3 Å². The van der Waals surface area contributed by atoms with Crippen molar-refractivity contribution in [1.29, 1.82) is 0 Å². The molecular weight excluding hydrogens is 295 g/mol. The number of aryl methyl sites for hydroxylation is 1. The molecule has 3 N–H and O–H groups in total. The van der Waals surface area contributed by atoms with E-state index in [0.29, 0.717) is 17.1 Å². The Kier molecular flexibility index (Phi) is 4.15. The van der Waals surface area contributed by atoms with Crippen LogP contribution in [0.4, 0.5) is 10.1 Å². The SMILES string of the molecule is CNS(=O)(=O)c1ccc(Oc2ccc(F)cc2C)c(N)c1. The minimum absolute atomic E-state index is 0.0469. The van der Waals surface area contributed by atoms with Gasteiger partial charge in [-0.3, -0.25) is 0 Å². The van der Waals surface area contributed by atoms with E-state index in [1.165, 1.54) is 43.4 Å². The van der Waals surface area contributed by atoms with Gasteiger partial charge in [-0.2, -0.15) is 0 Å². The number of rotatable bonds is 4. The van der Waals surface area contributed by atoms with Crippen LogP contribution in [-0.4, -0.2) is 15.5 Å². The van der Waals surface area contributed by atoms with Crippen LogP contribution >= 0.6 is 0 Å². The average molecular weight is 310 g/mol. The lowest BCUT2D eigenvalue weighted by atomic mass is 10.2. The molecule has 2 aromatic carbocycles. The number of nitrogen functional groups attached to an aromatic ring is 1. The molecule has 0 bridgehead atoms. The Balaban J connectivity index is 2.34. The zero-order valence-corrected chi connectivity index (χ0v) is 12.4. The van der Waals surface area contributed by atoms with Crippen molar-refractivity contribution in [2.45, 2.75) is 11.8 Å². The Morgan fingerprint density at radius 2 is 1.81 bits per heavy atom. The minimum atomic E-state index is -3.56. The molecule has 5 nitrogen and oxygen atoms in total. The average Bonchev–Trinajstić information content (AvgIpc) is 2.43. The molecule has 0 aromatic heterocycles. The Bertz CT molecular complexity index is 776. The van der Waals surface area contributed by atoms with Crippen LogP contribution in [0, 0.1) is 12.7 Å². The van der Waals surface area contributed by atoms with Crippen molar-refractivity contribution in [1.82, 2.24) is 4.72 Å². The van der Waals surface area contributed by atoms with Crippen molar-refractivity contribution in [2.24, 2.45) is 0 Å². The van der Waals surface area contributed by atoms with E-state index in [2.05, 4.69) is 4.72 Å². The molecule has 2 aromatic rings. The van der Waals surface area contributed by atoms with Gasteiger partial charge in [0.25, 0.3) is 0 Å².